The smallest absolute Gasteiger partial charge is 0.128 e. The molecule has 0 aliphatic rings. The average molecular weight is 260 g/mol. The number of aromatic nitrogens is 2. The van der Waals surface area contributed by atoms with Crippen LogP contribution in [0.3, 0.4) is 0 Å². The van der Waals surface area contributed by atoms with E-state index in [1.54, 1.807) is 19.6 Å². The number of aliphatic hydroxyl groups is 1. The molecule has 19 heavy (non-hydrogen) atoms. The van der Waals surface area contributed by atoms with Gasteiger partial charge < -0.3 is 14.4 Å². The zero-order valence-electron chi connectivity index (χ0n) is 11.8. The molecule has 0 aliphatic carbocycles. The molecule has 2 aromatic rings. The SMILES string of the molecule is CCn1cncc1C(O)c1ccc(C)c(C)c1OC. The number of hydrogen-bond acceptors (Lipinski definition) is 3. The summed E-state index contributed by atoms with van der Waals surface area (Å²) >= 11 is 0. The Bertz CT molecular complexity index is 576. The van der Waals surface area contributed by atoms with Crippen LogP contribution in [0.15, 0.2) is 24.7 Å². The maximum absolute atomic E-state index is 10.6. The van der Waals surface area contributed by atoms with Gasteiger partial charge in [-0.3, -0.25) is 0 Å². The monoisotopic (exact) mass is 260 g/mol. The Morgan fingerprint density at radius 3 is 2.74 bits per heavy atom. The second-order valence-electron chi connectivity index (χ2n) is 4.64. The maximum Gasteiger partial charge on any atom is 0.128 e. The predicted octanol–water partition coefficient (Wildman–Crippen LogP) is 2.61. The van der Waals surface area contributed by atoms with Gasteiger partial charge in [-0.15, -0.1) is 0 Å². The van der Waals surface area contributed by atoms with Crippen LogP contribution in [0.1, 0.15) is 35.4 Å². The van der Waals surface area contributed by atoms with Gasteiger partial charge in [0.2, 0.25) is 0 Å². The second kappa shape index (κ2) is 5.45. The van der Waals surface area contributed by atoms with E-state index in [4.69, 9.17) is 4.74 Å². The van der Waals surface area contributed by atoms with E-state index >= 15 is 0 Å². The van der Waals surface area contributed by atoms with E-state index in [0.29, 0.717) is 0 Å². The molecular weight excluding hydrogens is 240 g/mol. The molecule has 4 heteroatoms. The van der Waals surface area contributed by atoms with Gasteiger partial charge in [0.05, 0.1) is 25.3 Å². The van der Waals surface area contributed by atoms with Crippen LogP contribution in [0, 0.1) is 13.8 Å². The Labute approximate surface area is 113 Å². The van der Waals surface area contributed by atoms with Crippen LogP contribution in [0.5, 0.6) is 5.75 Å². The lowest BCUT2D eigenvalue weighted by Gasteiger charge is -2.18. The maximum atomic E-state index is 10.6. The summed E-state index contributed by atoms with van der Waals surface area (Å²) in [7, 11) is 1.63. The highest BCUT2D eigenvalue weighted by Crippen LogP contribution is 2.33. The molecule has 102 valence electrons. The first-order valence-corrected chi connectivity index (χ1v) is 6.42. The van der Waals surface area contributed by atoms with Crippen molar-refractivity contribution in [2.45, 2.75) is 33.4 Å². The summed E-state index contributed by atoms with van der Waals surface area (Å²) in [5.74, 6) is 0.747. The third kappa shape index (κ3) is 2.36. The minimum Gasteiger partial charge on any atom is -0.496 e. The van der Waals surface area contributed by atoms with Crippen LogP contribution < -0.4 is 4.74 Å². The summed E-state index contributed by atoms with van der Waals surface area (Å²) in [4.78, 5) is 4.10. The number of ether oxygens (including phenoxy) is 1. The first-order valence-electron chi connectivity index (χ1n) is 6.42. The molecule has 4 nitrogen and oxygen atoms in total. The van der Waals surface area contributed by atoms with E-state index in [0.717, 1.165) is 34.7 Å². The molecule has 0 spiro atoms. The van der Waals surface area contributed by atoms with Gasteiger partial charge in [0.25, 0.3) is 0 Å². The number of hydrogen-bond donors (Lipinski definition) is 1. The molecule has 0 saturated heterocycles. The van der Waals surface area contributed by atoms with E-state index in [9.17, 15) is 5.11 Å². The van der Waals surface area contributed by atoms with Gasteiger partial charge in [0.1, 0.15) is 11.9 Å². The minimum absolute atomic E-state index is 0.725. The topological polar surface area (TPSA) is 47.3 Å². The molecule has 0 amide bonds. The first-order chi connectivity index (χ1) is 9.10. The zero-order valence-corrected chi connectivity index (χ0v) is 11.8. The van der Waals surface area contributed by atoms with Gasteiger partial charge in [0, 0.05) is 12.1 Å². The minimum atomic E-state index is -0.725. The molecule has 0 aliphatic heterocycles. The molecule has 1 N–H and O–H groups in total. The summed E-state index contributed by atoms with van der Waals surface area (Å²) < 4.78 is 7.39. The van der Waals surface area contributed by atoms with Gasteiger partial charge in [-0.25, -0.2) is 4.98 Å². The molecule has 1 aromatic carbocycles. The fourth-order valence-corrected chi connectivity index (χ4v) is 2.28. The second-order valence-corrected chi connectivity index (χ2v) is 4.64. The van der Waals surface area contributed by atoms with Crippen molar-refractivity contribution in [3.63, 3.8) is 0 Å². The van der Waals surface area contributed by atoms with Crippen LogP contribution in [0.2, 0.25) is 0 Å². The van der Waals surface area contributed by atoms with E-state index in [1.807, 2.05) is 37.5 Å². The molecule has 1 atom stereocenters. The standard InChI is InChI=1S/C15H20N2O2/c1-5-17-9-16-8-13(17)14(18)12-7-6-10(2)11(3)15(12)19-4/h6-9,14,18H,5H2,1-4H3. The number of imidazole rings is 1. The van der Waals surface area contributed by atoms with Crippen LogP contribution in [0.4, 0.5) is 0 Å². The van der Waals surface area contributed by atoms with Crippen molar-refractivity contribution in [2.24, 2.45) is 0 Å². The average Bonchev–Trinajstić information content (AvgIpc) is 2.89. The third-order valence-electron chi connectivity index (χ3n) is 3.57. The fourth-order valence-electron chi connectivity index (χ4n) is 2.28. The fraction of sp³-hybridized carbons (Fsp3) is 0.400. The molecule has 0 fully saturated rings. The highest BCUT2D eigenvalue weighted by Gasteiger charge is 2.20. The molecule has 0 radical (unpaired) electrons. The normalized spacial score (nSPS) is 12.5. The van der Waals surface area contributed by atoms with Crippen molar-refractivity contribution >= 4 is 0 Å². The highest BCUT2D eigenvalue weighted by atomic mass is 16.5. The summed E-state index contributed by atoms with van der Waals surface area (Å²) in [6.07, 6.45) is 2.70. The Hall–Kier alpha value is -1.81. The zero-order chi connectivity index (χ0) is 14.0. The van der Waals surface area contributed by atoms with Crippen LogP contribution in [-0.4, -0.2) is 21.8 Å². The van der Waals surface area contributed by atoms with E-state index in [2.05, 4.69) is 4.98 Å². The highest BCUT2D eigenvalue weighted by molar-refractivity contribution is 5.48. The summed E-state index contributed by atoms with van der Waals surface area (Å²) in [5, 5.41) is 10.6. The Morgan fingerprint density at radius 2 is 2.11 bits per heavy atom. The molecule has 0 saturated carbocycles. The lowest BCUT2D eigenvalue weighted by atomic mass is 9.99. The van der Waals surface area contributed by atoms with Gasteiger partial charge >= 0.3 is 0 Å². The predicted molar refractivity (Wildman–Crippen MR) is 74.4 cm³/mol. The number of aliphatic hydroxyl groups excluding tert-OH is 1. The number of rotatable bonds is 4. The largest absolute Gasteiger partial charge is 0.496 e. The van der Waals surface area contributed by atoms with E-state index in [-0.39, 0.29) is 0 Å². The molecule has 1 aromatic heterocycles. The van der Waals surface area contributed by atoms with Crippen LogP contribution >= 0.6 is 0 Å². The number of methoxy groups -OCH3 is 1. The Balaban J connectivity index is 2.50. The summed E-state index contributed by atoms with van der Waals surface area (Å²) in [5.41, 5.74) is 3.77. The van der Waals surface area contributed by atoms with Gasteiger partial charge in [-0.1, -0.05) is 12.1 Å². The molecular formula is C15H20N2O2. The van der Waals surface area contributed by atoms with Gasteiger partial charge in [0.15, 0.2) is 0 Å². The van der Waals surface area contributed by atoms with Crippen molar-refractivity contribution in [3.05, 3.63) is 47.0 Å². The number of nitrogens with zero attached hydrogens (tertiary/aromatic N) is 2. The Kier molecular flexibility index (Phi) is 3.90. The van der Waals surface area contributed by atoms with Gasteiger partial charge in [-0.2, -0.15) is 0 Å². The number of benzene rings is 1. The quantitative estimate of drug-likeness (QED) is 0.919. The van der Waals surface area contributed by atoms with Crippen molar-refractivity contribution in [3.8, 4) is 5.75 Å². The van der Waals surface area contributed by atoms with Crippen molar-refractivity contribution in [2.75, 3.05) is 7.11 Å². The van der Waals surface area contributed by atoms with Crippen LogP contribution in [0.25, 0.3) is 0 Å². The lowest BCUT2D eigenvalue weighted by molar-refractivity contribution is 0.204. The van der Waals surface area contributed by atoms with Crippen molar-refractivity contribution < 1.29 is 9.84 Å². The molecule has 2 rings (SSSR count). The van der Waals surface area contributed by atoms with Crippen LogP contribution in [-0.2, 0) is 6.54 Å². The first kappa shape index (κ1) is 13.6. The summed E-state index contributed by atoms with van der Waals surface area (Å²) in [6, 6.07) is 3.92. The van der Waals surface area contributed by atoms with Crippen molar-refractivity contribution in [1.29, 1.82) is 0 Å². The molecule has 0 bridgehead atoms. The van der Waals surface area contributed by atoms with Gasteiger partial charge in [-0.05, 0) is 31.9 Å². The third-order valence-corrected chi connectivity index (χ3v) is 3.57. The van der Waals surface area contributed by atoms with Crippen molar-refractivity contribution in [1.82, 2.24) is 9.55 Å². The molecule has 1 heterocycles. The van der Waals surface area contributed by atoms with E-state index < -0.39 is 6.10 Å². The Morgan fingerprint density at radius 1 is 1.37 bits per heavy atom. The summed E-state index contributed by atoms with van der Waals surface area (Å²) in [6.45, 7) is 6.83. The number of aryl methyl sites for hydroxylation is 2. The lowest BCUT2D eigenvalue weighted by Crippen LogP contribution is -2.09. The molecule has 1 unspecified atom stereocenters. The van der Waals surface area contributed by atoms with E-state index in [1.165, 1.54) is 0 Å².